The van der Waals surface area contributed by atoms with Gasteiger partial charge in [0.25, 0.3) is 5.91 Å². The van der Waals surface area contributed by atoms with Gasteiger partial charge in [-0.2, -0.15) is 5.10 Å². The largest absolute Gasteiger partial charge is 0.321 e. The number of hydrogen-bond donors (Lipinski definition) is 1. The van der Waals surface area contributed by atoms with Gasteiger partial charge >= 0.3 is 0 Å². The van der Waals surface area contributed by atoms with Gasteiger partial charge in [-0.25, -0.2) is 4.68 Å². The summed E-state index contributed by atoms with van der Waals surface area (Å²) in [4.78, 5) is 13.1. The molecule has 0 saturated heterocycles. The number of anilines is 1. The van der Waals surface area contributed by atoms with Crippen LogP contribution in [0.5, 0.6) is 0 Å². The minimum absolute atomic E-state index is 0.250. The predicted molar refractivity (Wildman–Crippen MR) is 133 cm³/mol. The molecule has 0 aliphatic heterocycles. The van der Waals surface area contributed by atoms with Crippen LogP contribution in [0.3, 0.4) is 0 Å². The number of aromatic nitrogens is 2. The molecule has 1 N–H and O–H groups in total. The van der Waals surface area contributed by atoms with Crippen molar-refractivity contribution in [3.05, 3.63) is 113 Å². The van der Waals surface area contributed by atoms with E-state index >= 15 is 0 Å². The second-order valence-electron chi connectivity index (χ2n) is 7.65. The first kappa shape index (κ1) is 20.2. The molecule has 0 radical (unpaired) electrons. The van der Waals surface area contributed by atoms with Crippen LogP contribution in [0.4, 0.5) is 5.69 Å². The zero-order chi connectivity index (χ0) is 22.1. The van der Waals surface area contributed by atoms with Crippen LogP contribution >= 0.6 is 15.9 Å². The minimum atomic E-state index is -0.250. The first-order chi connectivity index (χ1) is 15.6. The average molecular weight is 482 g/mol. The van der Waals surface area contributed by atoms with Gasteiger partial charge in [-0.1, -0.05) is 70.5 Å². The number of halogens is 1. The van der Waals surface area contributed by atoms with Gasteiger partial charge < -0.3 is 5.32 Å². The first-order valence-electron chi connectivity index (χ1n) is 10.3. The standard InChI is InChI=1S/C27H20BrN3O/c1-18-6-4-9-22(16-18)31-26(24-11-5-8-19-7-2-3-10-23(19)24)17-25(30-31)27(32)29-21-14-12-20(28)13-15-21/h2-17H,1H3,(H,29,32). The van der Waals surface area contributed by atoms with Gasteiger partial charge in [-0.15, -0.1) is 0 Å². The number of carbonyl (C=O) groups is 1. The van der Waals surface area contributed by atoms with Crippen LogP contribution in [-0.2, 0) is 0 Å². The highest BCUT2D eigenvalue weighted by molar-refractivity contribution is 9.10. The van der Waals surface area contributed by atoms with Gasteiger partial charge in [0.05, 0.1) is 11.4 Å². The fourth-order valence-corrected chi connectivity index (χ4v) is 4.08. The number of hydrogen-bond acceptors (Lipinski definition) is 2. The average Bonchev–Trinajstić information content (AvgIpc) is 3.26. The molecule has 0 aliphatic carbocycles. The Labute approximate surface area is 194 Å². The molecule has 0 fully saturated rings. The minimum Gasteiger partial charge on any atom is -0.321 e. The molecular formula is C27H20BrN3O. The molecule has 4 aromatic carbocycles. The Balaban J connectivity index is 1.64. The van der Waals surface area contributed by atoms with E-state index in [2.05, 4.69) is 51.6 Å². The van der Waals surface area contributed by atoms with E-state index < -0.39 is 0 Å². The summed E-state index contributed by atoms with van der Waals surface area (Å²) in [5.74, 6) is -0.250. The van der Waals surface area contributed by atoms with E-state index in [1.807, 2.05) is 78.3 Å². The Hall–Kier alpha value is -3.70. The molecular weight excluding hydrogens is 462 g/mol. The zero-order valence-electron chi connectivity index (χ0n) is 17.4. The number of fused-ring (bicyclic) bond motifs is 1. The molecule has 1 heterocycles. The summed E-state index contributed by atoms with van der Waals surface area (Å²) in [6, 6.07) is 31.9. The molecule has 4 nitrogen and oxygen atoms in total. The summed E-state index contributed by atoms with van der Waals surface area (Å²) in [5.41, 5.74) is 5.01. The molecule has 156 valence electrons. The van der Waals surface area contributed by atoms with Crippen LogP contribution in [0.2, 0.25) is 0 Å². The number of rotatable bonds is 4. The molecule has 5 aromatic rings. The maximum absolute atomic E-state index is 13.1. The normalized spacial score (nSPS) is 10.9. The fourth-order valence-electron chi connectivity index (χ4n) is 3.82. The highest BCUT2D eigenvalue weighted by atomic mass is 79.9. The summed E-state index contributed by atoms with van der Waals surface area (Å²) >= 11 is 3.42. The van der Waals surface area contributed by atoms with Gasteiger partial charge in [0.1, 0.15) is 0 Å². The summed E-state index contributed by atoms with van der Waals surface area (Å²) in [5, 5.41) is 9.91. The smallest absolute Gasteiger partial charge is 0.276 e. The monoisotopic (exact) mass is 481 g/mol. The third-order valence-corrected chi connectivity index (χ3v) is 5.88. The van der Waals surface area contributed by atoms with E-state index in [4.69, 9.17) is 5.10 Å². The zero-order valence-corrected chi connectivity index (χ0v) is 19.0. The van der Waals surface area contributed by atoms with E-state index in [1.54, 1.807) is 0 Å². The molecule has 0 atom stereocenters. The quantitative estimate of drug-likeness (QED) is 0.299. The molecule has 5 rings (SSSR count). The van der Waals surface area contributed by atoms with Crippen molar-refractivity contribution in [3.63, 3.8) is 0 Å². The fraction of sp³-hybridized carbons (Fsp3) is 0.0370. The second-order valence-corrected chi connectivity index (χ2v) is 8.57. The Bertz CT molecular complexity index is 1430. The van der Waals surface area contributed by atoms with Crippen LogP contribution < -0.4 is 5.32 Å². The van der Waals surface area contributed by atoms with Crippen molar-refractivity contribution in [3.8, 4) is 16.9 Å². The molecule has 0 saturated carbocycles. The molecule has 0 bridgehead atoms. The van der Waals surface area contributed by atoms with Crippen molar-refractivity contribution in [2.75, 3.05) is 5.32 Å². The third kappa shape index (κ3) is 3.95. The van der Waals surface area contributed by atoms with Crippen molar-refractivity contribution in [1.29, 1.82) is 0 Å². The van der Waals surface area contributed by atoms with Gasteiger partial charge in [0, 0.05) is 15.7 Å². The molecule has 0 unspecified atom stereocenters. The van der Waals surface area contributed by atoms with Crippen molar-refractivity contribution >= 4 is 38.3 Å². The summed E-state index contributed by atoms with van der Waals surface area (Å²) in [6.45, 7) is 2.05. The maximum atomic E-state index is 13.1. The van der Waals surface area contributed by atoms with E-state index in [0.717, 1.165) is 43.4 Å². The van der Waals surface area contributed by atoms with E-state index in [0.29, 0.717) is 5.69 Å². The van der Waals surface area contributed by atoms with Crippen molar-refractivity contribution in [2.24, 2.45) is 0 Å². The van der Waals surface area contributed by atoms with Crippen LogP contribution in [0.15, 0.2) is 102 Å². The third-order valence-electron chi connectivity index (χ3n) is 5.36. The van der Waals surface area contributed by atoms with E-state index in [-0.39, 0.29) is 5.91 Å². The maximum Gasteiger partial charge on any atom is 0.276 e. The van der Waals surface area contributed by atoms with E-state index in [1.165, 1.54) is 0 Å². The van der Waals surface area contributed by atoms with Crippen molar-refractivity contribution in [1.82, 2.24) is 9.78 Å². The molecule has 1 amide bonds. The Morgan fingerprint density at radius 1 is 0.875 bits per heavy atom. The molecule has 5 heteroatoms. The van der Waals surface area contributed by atoms with Crippen LogP contribution in [0.1, 0.15) is 16.1 Å². The Morgan fingerprint density at radius 3 is 2.44 bits per heavy atom. The predicted octanol–water partition coefficient (Wildman–Crippen LogP) is 7.02. The summed E-state index contributed by atoms with van der Waals surface area (Å²) < 4.78 is 2.81. The lowest BCUT2D eigenvalue weighted by atomic mass is 10.0. The topological polar surface area (TPSA) is 46.9 Å². The lowest BCUT2D eigenvalue weighted by Gasteiger charge is -2.10. The van der Waals surface area contributed by atoms with Gasteiger partial charge in [-0.05, 0) is 65.7 Å². The molecule has 1 aromatic heterocycles. The lowest BCUT2D eigenvalue weighted by molar-refractivity contribution is 0.102. The molecule has 0 aliphatic rings. The Kier molecular flexibility index (Phi) is 5.33. The van der Waals surface area contributed by atoms with Gasteiger partial charge in [0.2, 0.25) is 0 Å². The number of nitrogens with one attached hydrogen (secondary N) is 1. The SMILES string of the molecule is Cc1cccc(-n2nc(C(=O)Nc3ccc(Br)cc3)cc2-c2cccc3ccccc23)c1. The lowest BCUT2D eigenvalue weighted by Crippen LogP contribution is -2.13. The number of benzene rings is 4. The van der Waals surface area contributed by atoms with Crippen LogP contribution in [0, 0.1) is 6.92 Å². The van der Waals surface area contributed by atoms with Gasteiger partial charge in [0.15, 0.2) is 5.69 Å². The highest BCUT2D eigenvalue weighted by Crippen LogP contribution is 2.31. The number of aryl methyl sites for hydroxylation is 1. The second kappa shape index (κ2) is 8.44. The van der Waals surface area contributed by atoms with Gasteiger partial charge in [-0.3, -0.25) is 4.79 Å². The first-order valence-corrected chi connectivity index (χ1v) is 11.1. The molecule has 0 spiro atoms. The Morgan fingerprint density at radius 2 is 1.62 bits per heavy atom. The van der Waals surface area contributed by atoms with E-state index in [9.17, 15) is 4.79 Å². The summed E-state index contributed by atoms with van der Waals surface area (Å²) in [7, 11) is 0. The number of nitrogens with zero attached hydrogens (tertiary/aromatic N) is 2. The van der Waals surface area contributed by atoms with Crippen LogP contribution in [0.25, 0.3) is 27.7 Å². The number of amides is 1. The van der Waals surface area contributed by atoms with Crippen LogP contribution in [-0.4, -0.2) is 15.7 Å². The molecule has 32 heavy (non-hydrogen) atoms. The summed E-state index contributed by atoms with van der Waals surface area (Å²) in [6.07, 6.45) is 0. The number of carbonyl (C=O) groups excluding carboxylic acids is 1. The van der Waals surface area contributed by atoms with Crippen molar-refractivity contribution in [2.45, 2.75) is 6.92 Å². The van der Waals surface area contributed by atoms with Crippen molar-refractivity contribution < 1.29 is 4.79 Å². The highest BCUT2D eigenvalue weighted by Gasteiger charge is 2.18.